The number of nitrogens with one attached hydrogen (secondary N) is 1. The molecular weight excluding hydrogens is 521 g/mol. The Kier molecular flexibility index (Phi) is 6.67. The second kappa shape index (κ2) is 10.8. The largest absolute Gasteiger partial charge is 0.496 e. The van der Waals surface area contributed by atoms with Crippen LogP contribution in [0, 0.1) is 11.7 Å². The van der Waals surface area contributed by atoms with Gasteiger partial charge in [-0.2, -0.15) is 0 Å². The fourth-order valence-electron chi connectivity index (χ4n) is 6.54. The summed E-state index contributed by atoms with van der Waals surface area (Å²) in [4.78, 5) is 13.8. The molecule has 0 aromatic heterocycles. The molecule has 0 radical (unpaired) electrons. The molecule has 0 saturated carbocycles. The second-order valence-corrected chi connectivity index (χ2v) is 10.9. The van der Waals surface area contributed by atoms with Crippen molar-refractivity contribution in [2.24, 2.45) is 5.92 Å². The number of hydrogen-bond donors (Lipinski definition) is 1. The van der Waals surface area contributed by atoms with Crippen molar-refractivity contribution in [3.63, 3.8) is 0 Å². The number of ether oxygens (including phenoxy) is 1. The van der Waals surface area contributed by atoms with E-state index < -0.39 is 11.7 Å². The van der Waals surface area contributed by atoms with Crippen LogP contribution in [-0.2, 0) is 6.42 Å². The van der Waals surface area contributed by atoms with Crippen LogP contribution >= 0.6 is 0 Å². The third-order valence-corrected chi connectivity index (χ3v) is 8.59. The molecule has 0 saturated heterocycles. The summed E-state index contributed by atoms with van der Waals surface area (Å²) in [5, 5.41) is 5.63. The number of allylic oxidation sites excluding steroid dienone is 5. The monoisotopic (exact) mass is 551 g/mol. The molecule has 4 aromatic rings. The number of fused-ring (bicyclic) bond motifs is 5. The highest BCUT2D eigenvalue weighted by atomic mass is 19.1. The number of carbonyl (C=O) groups is 1. The van der Waals surface area contributed by atoms with E-state index in [1.165, 1.54) is 22.8 Å². The molecule has 2 aliphatic carbocycles. The number of rotatable bonds is 5. The van der Waals surface area contributed by atoms with Gasteiger partial charge in [0.05, 0.1) is 12.7 Å². The molecule has 1 aliphatic heterocycles. The quantitative estimate of drug-likeness (QED) is 0.277. The summed E-state index contributed by atoms with van der Waals surface area (Å²) in [6.45, 7) is 0. The van der Waals surface area contributed by atoms with Crippen LogP contribution < -0.4 is 20.5 Å². The molecule has 4 heteroatoms. The molecule has 206 valence electrons. The maximum atomic E-state index is 14.8. The lowest BCUT2D eigenvalue weighted by Gasteiger charge is -2.30. The molecule has 2 unspecified atom stereocenters. The summed E-state index contributed by atoms with van der Waals surface area (Å²) >= 11 is 0. The maximum Gasteiger partial charge on any atom is 0.172 e. The number of carbonyl (C=O) groups excluding carboxylic acids is 1. The Bertz CT molecular complexity index is 1950. The number of benzene rings is 4. The highest BCUT2D eigenvalue weighted by Crippen LogP contribution is 2.37. The molecule has 3 aliphatic rings. The minimum Gasteiger partial charge on any atom is -0.496 e. The van der Waals surface area contributed by atoms with Crippen LogP contribution in [0.4, 0.5) is 4.39 Å². The van der Waals surface area contributed by atoms with Crippen molar-refractivity contribution < 1.29 is 13.9 Å². The van der Waals surface area contributed by atoms with E-state index in [1.54, 1.807) is 25.3 Å². The number of hydrogen-bond acceptors (Lipinski definition) is 3. The Balaban J connectivity index is 1.40. The van der Waals surface area contributed by atoms with Crippen molar-refractivity contribution in [3.05, 3.63) is 148 Å². The highest BCUT2D eigenvalue weighted by Gasteiger charge is 2.32. The molecule has 3 nitrogen and oxygen atoms in total. The van der Waals surface area contributed by atoms with Gasteiger partial charge in [0, 0.05) is 29.3 Å². The number of halogens is 1. The predicted octanol–water partition coefficient (Wildman–Crippen LogP) is 6.83. The highest BCUT2D eigenvalue weighted by molar-refractivity contribution is 6.01. The summed E-state index contributed by atoms with van der Waals surface area (Å²) in [7, 11) is 1.70. The predicted molar refractivity (Wildman–Crippen MR) is 167 cm³/mol. The van der Waals surface area contributed by atoms with Gasteiger partial charge < -0.3 is 10.1 Å². The van der Waals surface area contributed by atoms with Crippen molar-refractivity contribution in [3.8, 4) is 28.0 Å². The van der Waals surface area contributed by atoms with Gasteiger partial charge in [0.15, 0.2) is 5.78 Å². The Labute approximate surface area is 244 Å². The van der Waals surface area contributed by atoms with Crippen molar-refractivity contribution in [2.45, 2.75) is 18.8 Å². The third-order valence-electron chi connectivity index (χ3n) is 8.59. The van der Waals surface area contributed by atoms with Crippen LogP contribution in [0.5, 0.6) is 5.75 Å². The van der Waals surface area contributed by atoms with E-state index in [-0.39, 0.29) is 17.3 Å². The summed E-state index contributed by atoms with van der Waals surface area (Å²) in [5.74, 6) is -0.326. The van der Waals surface area contributed by atoms with Gasteiger partial charge >= 0.3 is 0 Å². The maximum absolute atomic E-state index is 14.8. The Morgan fingerprint density at radius 2 is 1.74 bits per heavy atom. The first kappa shape index (κ1) is 26.0. The van der Waals surface area contributed by atoms with Gasteiger partial charge in [-0.05, 0) is 87.5 Å². The zero-order chi connectivity index (χ0) is 28.6. The van der Waals surface area contributed by atoms with E-state index >= 15 is 0 Å². The SMILES string of the molecule is COc1ccccc1-c1ccc2c(c1)-c1ccc3c(c1=CC2)=CC(C(=O)c1ccccc1F)CC3C1=CC=CC=CN1. The zero-order valence-corrected chi connectivity index (χ0v) is 23.3. The summed E-state index contributed by atoms with van der Waals surface area (Å²) in [6, 6.07) is 25.4. The van der Waals surface area contributed by atoms with Crippen molar-refractivity contribution in [1.82, 2.24) is 5.32 Å². The van der Waals surface area contributed by atoms with Gasteiger partial charge in [0.25, 0.3) is 0 Å². The van der Waals surface area contributed by atoms with E-state index in [2.05, 4.69) is 59.9 Å². The Hall–Kier alpha value is -4.96. The average molecular weight is 552 g/mol. The fourth-order valence-corrected chi connectivity index (χ4v) is 6.54. The lowest BCUT2D eigenvalue weighted by Crippen LogP contribution is -2.40. The molecule has 0 amide bonds. The lowest BCUT2D eigenvalue weighted by atomic mass is 9.75. The molecule has 42 heavy (non-hydrogen) atoms. The molecule has 0 fully saturated rings. The fraction of sp³-hybridized carbons (Fsp3) is 0.132. The Morgan fingerprint density at radius 1 is 0.881 bits per heavy atom. The molecule has 7 rings (SSSR count). The number of Topliss-reactive ketones (excluding diaryl/α,β-unsaturated/α-hetero) is 1. The second-order valence-electron chi connectivity index (χ2n) is 10.9. The molecule has 0 spiro atoms. The van der Waals surface area contributed by atoms with Crippen LogP contribution in [-0.4, -0.2) is 12.9 Å². The van der Waals surface area contributed by atoms with E-state index in [1.807, 2.05) is 42.6 Å². The summed E-state index contributed by atoms with van der Waals surface area (Å²) in [5.41, 5.74) is 8.07. The van der Waals surface area contributed by atoms with Crippen LogP contribution in [0.2, 0.25) is 0 Å². The number of methoxy groups -OCH3 is 1. The molecule has 4 aromatic carbocycles. The van der Waals surface area contributed by atoms with Crippen molar-refractivity contribution in [1.29, 1.82) is 0 Å². The average Bonchev–Trinajstić information content (AvgIpc) is 3.33. The first-order valence-corrected chi connectivity index (χ1v) is 14.3. The minimum atomic E-state index is -0.477. The van der Waals surface area contributed by atoms with Crippen LogP contribution in [0.3, 0.4) is 0 Å². The van der Waals surface area contributed by atoms with Crippen molar-refractivity contribution in [2.75, 3.05) is 7.11 Å². The molecule has 1 heterocycles. The first-order valence-electron chi connectivity index (χ1n) is 14.3. The van der Waals surface area contributed by atoms with Gasteiger partial charge in [-0.3, -0.25) is 4.79 Å². The smallest absolute Gasteiger partial charge is 0.172 e. The van der Waals surface area contributed by atoms with Gasteiger partial charge in [-0.1, -0.05) is 78.9 Å². The normalized spacial score (nSPS) is 18.2. The zero-order valence-electron chi connectivity index (χ0n) is 23.3. The van der Waals surface area contributed by atoms with E-state index in [0.29, 0.717) is 6.42 Å². The van der Waals surface area contributed by atoms with E-state index in [4.69, 9.17) is 4.74 Å². The topological polar surface area (TPSA) is 38.3 Å². The number of para-hydroxylation sites is 1. The minimum absolute atomic E-state index is 0.0434. The number of ketones is 1. The third kappa shape index (κ3) is 4.50. The van der Waals surface area contributed by atoms with E-state index in [0.717, 1.165) is 45.0 Å². The summed E-state index contributed by atoms with van der Waals surface area (Å²) in [6.07, 6.45) is 15.6. The van der Waals surface area contributed by atoms with Gasteiger partial charge in [0.1, 0.15) is 11.6 Å². The van der Waals surface area contributed by atoms with E-state index in [9.17, 15) is 9.18 Å². The van der Waals surface area contributed by atoms with Crippen molar-refractivity contribution >= 4 is 17.9 Å². The molecule has 0 bridgehead atoms. The van der Waals surface area contributed by atoms with Gasteiger partial charge in [-0.25, -0.2) is 4.39 Å². The van der Waals surface area contributed by atoms with Crippen LogP contribution in [0.15, 0.2) is 115 Å². The van der Waals surface area contributed by atoms with Gasteiger partial charge in [0.2, 0.25) is 0 Å². The lowest BCUT2D eigenvalue weighted by molar-refractivity contribution is 0.0939. The molecule has 2 atom stereocenters. The first-order chi connectivity index (χ1) is 20.6. The van der Waals surface area contributed by atoms with Crippen LogP contribution in [0.25, 0.3) is 34.4 Å². The molecular formula is C38H30FNO2. The van der Waals surface area contributed by atoms with Crippen LogP contribution in [0.1, 0.15) is 33.8 Å². The molecule has 1 N–H and O–H groups in total. The van der Waals surface area contributed by atoms with Gasteiger partial charge in [-0.15, -0.1) is 0 Å². The standard InChI is InChI=1S/C38H30FNO2/c1-42-37-13-7-5-9-27(37)25-15-14-24-16-17-29-28(32(24)21-25)18-19-30-33(29)22-26(38(41)31-10-4-6-11-35(31)39)23-34(30)36-12-3-2-8-20-40-36/h2-15,17-22,26,34,40H,16,23H2,1H3. The Morgan fingerprint density at radius 3 is 2.62 bits per heavy atom. The summed E-state index contributed by atoms with van der Waals surface area (Å²) < 4.78 is 20.4.